The Bertz CT molecular complexity index is 889. The van der Waals surface area contributed by atoms with E-state index >= 15 is 0 Å². The summed E-state index contributed by atoms with van der Waals surface area (Å²) in [5.74, 6) is -5.21. The van der Waals surface area contributed by atoms with Crippen molar-refractivity contribution < 1.29 is 34.2 Å². The van der Waals surface area contributed by atoms with Gasteiger partial charge in [-0.3, -0.25) is 19.2 Å². The molecule has 0 aliphatic carbocycles. The highest BCUT2D eigenvalue weighted by Crippen LogP contribution is 2.09. The van der Waals surface area contributed by atoms with Crippen LogP contribution in [-0.2, 0) is 30.4 Å². The number of amides is 3. The van der Waals surface area contributed by atoms with Crippen LogP contribution in [0.5, 0.6) is 0 Å². The van der Waals surface area contributed by atoms with Gasteiger partial charge in [0, 0.05) is 6.42 Å². The third kappa shape index (κ3) is 10.6. The first-order valence-corrected chi connectivity index (χ1v) is 11.5. The van der Waals surface area contributed by atoms with Gasteiger partial charge in [-0.15, -0.1) is 0 Å². The zero-order chi connectivity index (χ0) is 26.7. The molecule has 0 radical (unpaired) electrons. The smallest absolute Gasteiger partial charge is 0.326 e. The van der Waals surface area contributed by atoms with Crippen molar-refractivity contribution in [2.24, 2.45) is 17.6 Å². The Labute approximate surface area is 204 Å². The molecule has 7 N–H and O–H groups in total. The topological polar surface area (TPSA) is 188 Å². The number of rotatable bonds is 14. The number of hydrogen-bond donors (Lipinski definition) is 6. The van der Waals surface area contributed by atoms with Gasteiger partial charge in [-0.2, -0.15) is 0 Å². The highest BCUT2D eigenvalue weighted by Gasteiger charge is 2.32. The quantitative estimate of drug-likeness (QED) is 0.213. The van der Waals surface area contributed by atoms with Crippen molar-refractivity contribution >= 4 is 29.7 Å². The second-order valence-corrected chi connectivity index (χ2v) is 9.21. The van der Waals surface area contributed by atoms with Crippen molar-refractivity contribution in [3.63, 3.8) is 0 Å². The number of nitrogens with one attached hydrogen (secondary N) is 3. The van der Waals surface area contributed by atoms with Gasteiger partial charge in [0.05, 0.1) is 12.5 Å². The van der Waals surface area contributed by atoms with Crippen LogP contribution in [0.2, 0.25) is 0 Å². The number of benzene rings is 1. The van der Waals surface area contributed by atoms with E-state index in [2.05, 4.69) is 16.0 Å². The van der Waals surface area contributed by atoms with Crippen molar-refractivity contribution in [3.05, 3.63) is 35.9 Å². The van der Waals surface area contributed by atoms with E-state index in [1.165, 1.54) is 0 Å². The lowest BCUT2D eigenvalue weighted by Gasteiger charge is -2.27. The Morgan fingerprint density at radius 3 is 1.89 bits per heavy atom. The standard InChI is InChI=1S/C24H36N4O7/c1-13(2)10-16(25)21(31)26-17(11-15-8-6-5-7-9-15)22(32)28-20(14(3)4)23(33)27-18(24(34)35)12-19(29)30/h5-9,13-14,16-18,20H,10-12,25H2,1-4H3,(H,26,31)(H,27,33)(H,28,32)(H,29,30)(H,34,35). The number of carboxylic acid groups (broad SMARTS) is 2. The van der Waals surface area contributed by atoms with Crippen LogP contribution in [0, 0.1) is 11.8 Å². The zero-order valence-electron chi connectivity index (χ0n) is 20.5. The lowest BCUT2D eigenvalue weighted by Crippen LogP contribution is -2.59. The molecule has 1 aromatic rings. The van der Waals surface area contributed by atoms with E-state index in [-0.39, 0.29) is 12.3 Å². The van der Waals surface area contributed by atoms with Crippen molar-refractivity contribution in [1.82, 2.24) is 16.0 Å². The van der Waals surface area contributed by atoms with E-state index in [0.29, 0.717) is 6.42 Å². The summed E-state index contributed by atoms with van der Waals surface area (Å²) >= 11 is 0. The van der Waals surface area contributed by atoms with E-state index in [9.17, 15) is 29.1 Å². The molecule has 0 aliphatic rings. The van der Waals surface area contributed by atoms with Crippen LogP contribution in [0.4, 0.5) is 0 Å². The fraction of sp³-hybridized carbons (Fsp3) is 0.542. The molecule has 1 aromatic carbocycles. The van der Waals surface area contributed by atoms with E-state index in [0.717, 1.165) is 5.56 Å². The lowest BCUT2D eigenvalue weighted by atomic mass is 9.99. The maximum atomic E-state index is 13.2. The van der Waals surface area contributed by atoms with Gasteiger partial charge in [0.1, 0.15) is 18.1 Å². The first-order valence-electron chi connectivity index (χ1n) is 11.5. The van der Waals surface area contributed by atoms with Gasteiger partial charge in [0.25, 0.3) is 0 Å². The molecule has 3 amide bonds. The summed E-state index contributed by atoms with van der Waals surface area (Å²) < 4.78 is 0. The molecule has 0 bridgehead atoms. The Balaban J connectivity index is 3.07. The normalized spacial score (nSPS) is 14.5. The summed E-state index contributed by atoms with van der Waals surface area (Å²) in [6, 6.07) is 4.26. The molecule has 1 rings (SSSR count). The summed E-state index contributed by atoms with van der Waals surface area (Å²) in [6.07, 6.45) is -0.265. The molecule has 0 aromatic heterocycles. The van der Waals surface area contributed by atoms with E-state index in [1.54, 1.807) is 38.1 Å². The summed E-state index contributed by atoms with van der Waals surface area (Å²) in [7, 11) is 0. The summed E-state index contributed by atoms with van der Waals surface area (Å²) in [5, 5.41) is 25.5. The molecule has 0 saturated heterocycles. The van der Waals surface area contributed by atoms with Crippen molar-refractivity contribution in [2.75, 3.05) is 0 Å². The molecule has 11 heteroatoms. The third-order valence-electron chi connectivity index (χ3n) is 5.22. The zero-order valence-corrected chi connectivity index (χ0v) is 20.5. The molecule has 0 fully saturated rings. The predicted molar refractivity (Wildman–Crippen MR) is 128 cm³/mol. The van der Waals surface area contributed by atoms with Gasteiger partial charge in [0.15, 0.2) is 0 Å². The van der Waals surface area contributed by atoms with Crippen molar-refractivity contribution in [3.8, 4) is 0 Å². The second kappa shape index (κ2) is 14.1. The van der Waals surface area contributed by atoms with E-state index in [4.69, 9.17) is 10.8 Å². The molecule has 35 heavy (non-hydrogen) atoms. The molecular formula is C24H36N4O7. The molecule has 0 saturated carbocycles. The number of carbonyl (C=O) groups is 5. The maximum absolute atomic E-state index is 13.2. The molecule has 4 unspecified atom stereocenters. The van der Waals surface area contributed by atoms with Crippen LogP contribution in [0.3, 0.4) is 0 Å². The minimum absolute atomic E-state index is 0.135. The van der Waals surface area contributed by atoms with Crippen LogP contribution in [0.25, 0.3) is 0 Å². The largest absolute Gasteiger partial charge is 0.481 e. The SMILES string of the molecule is CC(C)CC(N)C(=O)NC(Cc1ccccc1)C(=O)NC(C(=O)NC(CC(=O)O)C(=O)O)C(C)C. The average Bonchev–Trinajstić information content (AvgIpc) is 2.75. The van der Waals surface area contributed by atoms with E-state index < -0.39 is 66.2 Å². The number of carbonyl (C=O) groups excluding carboxylic acids is 3. The molecule has 11 nitrogen and oxygen atoms in total. The molecule has 0 heterocycles. The summed E-state index contributed by atoms with van der Waals surface area (Å²) in [5.41, 5.74) is 6.74. The van der Waals surface area contributed by atoms with Gasteiger partial charge in [-0.1, -0.05) is 58.0 Å². The maximum Gasteiger partial charge on any atom is 0.326 e. The predicted octanol–water partition coefficient (Wildman–Crippen LogP) is 0.272. The molecule has 4 atom stereocenters. The number of carboxylic acids is 2. The van der Waals surface area contributed by atoms with Gasteiger partial charge in [0.2, 0.25) is 17.7 Å². The van der Waals surface area contributed by atoms with Crippen molar-refractivity contribution in [2.45, 2.75) is 71.1 Å². The van der Waals surface area contributed by atoms with E-state index in [1.807, 2.05) is 19.9 Å². The van der Waals surface area contributed by atoms with Gasteiger partial charge < -0.3 is 31.9 Å². The minimum atomic E-state index is -1.66. The van der Waals surface area contributed by atoms with Crippen LogP contribution in [0.15, 0.2) is 30.3 Å². The van der Waals surface area contributed by atoms with Gasteiger partial charge >= 0.3 is 11.9 Å². The summed E-state index contributed by atoms with van der Waals surface area (Å²) in [4.78, 5) is 60.9. The molecule has 194 valence electrons. The second-order valence-electron chi connectivity index (χ2n) is 9.21. The van der Waals surface area contributed by atoms with Crippen LogP contribution < -0.4 is 21.7 Å². The van der Waals surface area contributed by atoms with Gasteiger partial charge in [-0.25, -0.2) is 4.79 Å². The first kappa shape index (κ1) is 29.6. The number of aliphatic carboxylic acids is 2. The Kier molecular flexibility index (Phi) is 11.9. The Morgan fingerprint density at radius 2 is 1.40 bits per heavy atom. The fourth-order valence-electron chi connectivity index (χ4n) is 3.38. The van der Waals surface area contributed by atoms with Crippen molar-refractivity contribution in [1.29, 1.82) is 0 Å². The molecule has 0 spiro atoms. The number of hydrogen-bond acceptors (Lipinski definition) is 6. The van der Waals surface area contributed by atoms with Crippen LogP contribution in [-0.4, -0.2) is 64.0 Å². The minimum Gasteiger partial charge on any atom is -0.481 e. The number of nitrogens with two attached hydrogens (primary N) is 1. The Hall–Kier alpha value is -3.47. The first-order chi connectivity index (χ1) is 16.3. The average molecular weight is 493 g/mol. The van der Waals surface area contributed by atoms with Crippen LogP contribution >= 0.6 is 0 Å². The van der Waals surface area contributed by atoms with Gasteiger partial charge in [-0.05, 0) is 23.8 Å². The fourth-order valence-corrected chi connectivity index (χ4v) is 3.38. The summed E-state index contributed by atoms with van der Waals surface area (Å²) in [6.45, 7) is 7.12. The van der Waals surface area contributed by atoms with Crippen LogP contribution in [0.1, 0.15) is 46.1 Å². The highest BCUT2D eigenvalue weighted by molar-refractivity contribution is 5.94. The third-order valence-corrected chi connectivity index (χ3v) is 5.22. The highest BCUT2D eigenvalue weighted by atomic mass is 16.4. The monoisotopic (exact) mass is 492 g/mol. The lowest BCUT2D eigenvalue weighted by molar-refractivity contribution is -0.147. The molecule has 0 aliphatic heterocycles. The molecular weight excluding hydrogens is 456 g/mol. The Morgan fingerprint density at radius 1 is 0.829 bits per heavy atom.